The van der Waals surface area contributed by atoms with Gasteiger partial charge in [0.2, 0.25) is 0 Å². The van der Waals surface area contributed by atoms with Crippen molar-refractivity contribution in [3.8, 4) is 22.4 Å². The van der Waals surface area contributed by atoms with Crippen molar-refractivity contribution >= 4 is 29.4 Å². The van der Waals surface area contributed by atoms with Crippen molar-refractivity contribution in [3.63, 3.8) is 0 Å². The number of nitrogens with zero attached hydrogens (tertiary/aromatic N) is 2. The second kappa shape index (κ2) is 13.7. The SMILES string of the molecule is NCc1ccccn1.O=CC1(CCCCCSc2nc(-c3ccccc3)cs2)c2ccccc2-c2ccccc21. The van der Waals surface area contributed by atoms with Crippen molar-refractivity contribution in [1.29, 1.82) is 0 Å². The van der Waals surface area contributed by atoms with E-state index < -0.39 is 5.41 Å². The van der Waals surface area contributed by atoms with Gasteiger partial charge in [-0.1, -0.05) is 110 Å². The van der Waals surface area contributed by atoms with Crippen LogP contribution in [0.15, 0.2) is 113 Å². The molecule has 0 spiro atoms. The van der Waals surface area contributed by atoms with Gasteiger partial charge in [-0.25, -0.2) is 4.98 Å². The molecule has 1 aliphatic carbocycles. The van der Waals surface area contributed by atoms with Gasteiger partial charge in [-0.3, -0.25) is 4.98 Å². The third-order valence-corrected chi connectivity index (χ3v) is 9.34. The van der Waals surface area contributed by atoms with Gasteiger partial charge in [0.25, 0.3) is 0 Å². The molecule has 0 fully saturated rings. The molecular formula is C34H33N3OS2. The third kappa shape index (κ3) is 6.25. The van der Waals surface area contributed by atoms with Gasteiger partial charge in [-0.15, -0.1) is 11.3 Å². The van der Waals surface area contributed by atoms with E-state index in [0.29, 0.717) is 6.54 Å². The van der Waals surface area contributed by atoms with Crippen LogP contribution in [-0.2, 0) is 16.8 Å². The quantitative estimate of drug-likeness (QED) is 0.105. The van der Waals surface area contributed by atoms with Gasteiger partial charge in [0, 0.05) is 29.4 Å². The average Bonchev–Trinajstić information content (AvgIpc) is 3.62. The first-order chi connectivity index (χ1) is 19.7. The summed E-state index contributed by atoms with van der Waals surface area (Å²) in [5, 5.41) is 2.14. The van der Waals surface area contributed by atoms with E-state index in [2.05, 4.69) is 83.2 Å². The molecule has 0 amide bonds. The Morgan fingerprint density at radius 1 is 0.800 bits per heavy atom. The molecule has 0 radical (unpaired) electrons. The van der Waals surface area contributed by atoms with E-state index in [1.165, 1.54) is 34.1 Å². The summed E-state index contributed by atoms with van der Waals surface area (Å²) in [6.45, 7) is 0.529. The Labute approximate surface area is 244 Å². The number of benzene rings is 3. The summed E-state index contributed by atoms with van der Waals surface area (Å²) in [6, 6.07) is 32.8. The van der Waals surface area contributed by atoms with Gasteiger partial charge in [0.15, 0.2) is 4.34 Å². The summed E-state index contributed by atoms with van der Waals surface area (Å²) < 4.78 is 1.13. The molecule has 5 aromatic rings. The maximum absolute atomic E-state index is 12.5. The van der Waals surface area contributed by atoms with Crippen molar-refractivity contribution in [2.24, 2.45) is 5.73 Å². The molecule has 0 saturated carbocycles. The number of thioether (sulfide) groups is 1. The highest BCUT2D eigenvalue weighted by Gasteiger charge is 2.42. The number of aldehydes is 1. The zero-order chi connectivity index (χ0) is 27.6. The molecule has 0 unspecified atom stereocenters. The number of hydrogen-bond acceptors (Lipinski definition) is 6. The number of hydrogen-bond donors (Lipinski definition) is 1. The van der Waals surface area contributed by atoms with Gasteiger partial charge in [0.05, 0.1) is 16.8 Å². The summed E-state index contributed by atoms with van der Waals surface area (Å²) >= 11 is 3.56. The van der Waals surface area contributed by atoms with E-state index in [0.717, 1.165) is 47.2 Å². The predicted octanol–water partition coefficient (Wildman–Crippen LogP) is 8.17. The smallest absolute Gasteiger partial charge is 0.150 e. The molecule has 2 aromatic heterocycles. The molecule has 0 atom stereocenters. The van der Waals surface area contributed by atoms with Crippen molar-refractivity contribution in [2.75, 3.05) is 5.75 Å². The van der Waals surface area contributed by atoms with Gasteiger partial charge in [-0.2, -0.15) is 0 Å². The highest BCUT2D eigenvalue weighted by atomic mass is 32.2. The van der Waals surface area contributed by atoms with Crippen LogP contribution < -0.4 is 5.73 Å². The Balaban J connectivity index is 0.000000348. The lowest BCUT2D eigenvalue weighted by molar-refractivity contribution is -0.111. The van der Waals surface area contributed by atoms with Crippen LogP contribution in [0.4, 0.5) is 0 Å². The Morgan fingerprint density at radius 2 is 1.48 bits per heavy atom. The van der Waals surface area contributed by atoms with Crippen LogP contribution >= 0.6 is 23.1 Å². The van der Waals surface area contributed by atoms with Crippen LogP contribution in [0.2, 0.25) is 0 Å². The molecule has 0 saturated heterocycles. The van der Waals surface area contributed by atoms with Crippen molar-refractivity contribution < 1.29 is 4.79 Å². The number of fused-ring (bicyclic) bond motifs is 3. The molecule has 4 nitrogen and oxygen atoms in total. The lowest BCUT2D eigenvalue weighted by Crippen LogP contribution is -2.27. The number of carbonyl (C=O) groups excluding carboxylic acids is 1. The molecule has 0 bridgehead atoms. The fourth-order valence-electron chi connectivity index (χ4n) is 5.24. The molecule has 0 aliphatic heterocycles. The molecule has 6 rings (SSSR count). The normalized spacial score (nSPS) is 12.6. The van der Waals surface area contributed by atoms with Gasteiger partial charge < -0.3 is 10.5 Å². The zero-order valence-corrected chi connectivity index (χ0v) is 24.0. The molecule has 40 heavy (non-hydrogen) atoms. The second-order valence-corrected chi connectivity index (χ2v) is 11.9. The van der Waals surface area contributed by atoms with E-state index in [4.69, 9.17) is 10.7 Å². The fourth-order valence-corrected chi connectivity index (χ4v) is 7.15. The topological polar surface area (TPSA) is 68.9 Å². The van der Waals surface area contributed by atoms with Gasteiger partial charge >= 0.3 is 0 Å². The van der Waals surface area contributed by atoms with E-state index in [1.54, 1.807) is 17.5 Å². The Bertz CT molecular complexity index is 1470. The molecule has 3 aromatic carbocycles. The number of thiazole rings is 1. The minimum atomic E-state index is -0.500. The van der Waals surface area contributed by atoms with Crippen LogP contribution in [-0.4, -0.2) is 22.0 Å². The molecule has 2 heterocycles. The maximum atomic E-state index is 12.5. The number of nitrogens with two attached hydrogens (primary N) is 1. The van der Waals surface area contributed by atoms with Crippen LogP contribution in [0.5, 0.6) is 0 Å². The summed E-state index contributed by atoms with van der Waals surface area (Å²) in [5.41, 5.74) is 12.7. The number of rotatable bonds is 10. The lowest BCUT2D eigenvalue weighted by atomic mass is 9.75. The van der Waals surface area contributed by atoms with Crippen molar-refractivity contribution in [2.45, 2.75) is 42.0 Å². The predicted molar refractivity (Wildman–Crippen MR) is 168 cm³/mol. The van der Waals surface area contributed by atoms with Gasteiger partial charge in [-0.05, 0) is 47.2 Å². The molecule has 6 heteroatoms. The fraction of sp³-hybridized carbons (Fsp3) is 0.206. The molecular weight excluding hydrogens is 531 g/mol. The second-order valence-electron chi connectivity index (χ2n) is 9.73. The van der Waals surface area contributed by atoms with Crippen LogP contribution in [0.1, 0.15) is 42.5 Å². The van der Waals surface area contributed by atoms with E-state index >= 15 is 0 Å². The summed E-state index contributed by atoms with van der Waals surface area (Å²) in [6.07, 6.45) is 7.07. The van der Waals surface area contributed by atoms with Crippen molar-refractivity contribution in [3.05, 3.63) is 125 Å². The highest BCUT2D eigenvalue weighted by molar-refractivity contribution is 8.01. The summed E-state index contributed by atoms with van der Waals surface area (Å²) in [5.74, 6) is 1.06. The lowest BCUT2D eigenvalue weighted by Gasteiger charge is -2.25. The summed E-state index contributed by atoms with van der Waals surface area (Å²) in [4.78, 5) is 21.2. The zero-order valence-electron chi connectivity index (χ0n) is 22.4. The summed E-state index contributed by atoms with van der Waals surface area (Å²) in [7, 11) is 0. The minimum Gasteiger partial charge on any atom is -0.325 e. The maximum Gasteiger partial charge on any atom is 0.150 e. The number of aromatic nitrogens is 2. The Kier molecular flexibility index (Phi) is 9.55. The van der Waals surface area contributed by atoms with E-state index in [-0.39, 0.29) is 0 Å². The highest BCUT2D eigenvalue weighted by Crippen LogP contribution is 2.50. The Hall–Kier alpha value is -3.58. The molecule has 2 N–H and O–H groups in total. The minimum absolute atomic E-state index is 0.500. The largest absolute Gasteiger partial charge is 0.325 e. The first-order valence-corrected chi connectivity index (χ1v) is 15.5. The van der Waals surface area contributed by atoms with Gasteiger partial charge in [0.1, 0.15) is 6.29 Å². The van der Waals surface area contributed by atoms with Crippen LogP contribution in [0.25, 0.3) is 22.4 Å². The van der Waals surface area contributed by atoms with Crippen molar-refractivity contribution in [1.82, 2.24) is 9.97 Å². The van der Waals surface area contributed by atoms with E-state index in [9.17, 15) is 4.79 Å². The van der Waals surface area contributed by atoms with Crippen LogP contribution in [0, 0.1) is 0 Å². The number of carbonyl (C=O) groups is 1. The first-order valence-electron chi connectivity index (χ1n) is 13.6. The monoisotopic (exact) mass is 563 g/mol. The third-order valence-electron chi connectivity index (χ3n) is 7.24. The molecule has 202 valence electrons. The Morgan fingerprint density at radius 3 is 2.10 bits per heavy atom. The first kappa shape index (κ1) is 28.0. The van der Waals surface area contributed by atoms with E-state index in [1.807, 2.05) is 36.0 Å². The number of unbranched alkanes of at least 4 members (excludes halogenated alkanes) is 2. The molecule has 1 aliphatic rings. The number of pyridine rings is 1. The standard InChI is InChI=1S/C28H25NOS2.C6H8N2/c30-20-28(24-15-7-5-13-22(24)23-14-6-8-16-25(23)28)17-9-2-10-18-31-27-29-26(19-32-27)21-11-3-1-4-12-21;7-5-6-3-1-2-4-8-6/h1,3-8,11-16,19-20H,2,9-10,17-18H2;1-4H,5,7H2. The van der Waals surface area contributed by atoms with Crippen LogP contribution in [0.3, 0.4) is 0 Å². The average molecular weight is 564 g/mol.